The lowest BCUT2D eigenvalue weighted by atomic mass is 9.70. The molecular formula is C34H47N3O8. The van der Waals surface area contributed by atoms with Gasteiger partial charge in [0.25, 0.3) is 0 Å². The zero-order valence-corrected chi connectivity index (χ0v) is 26.6. The Kier molecular flexibility index (Phi) is 11.6. The maximum Gasteiger partial charge on any atom is 0.313 e. The highest BCUT2D eigenvalue weighted by atomic mass is 16.6. The largest absolute Gasteiger partial charge is 0.455 e. The fraction of sp³-hybridized carbons (Fsp3) is 0.588. The zero-order valence-electron chi connectivity index (χ0n) is 26.6. The van der Waals surface area contributed by atoms with Crippen LogP contribution in [0.25, 0.3) is 0 Å². The predicted molar refractivity (Wildman–Crippen MR) is 167 cm³/mol. The molecule has 11 heteroatoms. The molecule has 11 nitrogen and oxygen atoms in total. The van der Waals surface area contributed by atoms with Crippen LogP contribution in [0.5, 0.6) is 0 Å². The molecule has 2 N–H and O–H groups in total. The van der Waals surface area contributed by atoms with E-state index >= 15 is 0 Å². The van der Waals surface area contributed by atoms with Gasteiger partial charge in [-0.3, -0.25) is 19.2 Å². The standard InChI is InChI=1S/C34H47N3O8/c1-6-8-15-26(39)35-24(21-43-5)29(23-13-10-9-11-14-23)44-33(42)27-25-16-17-34(45-25)28(27)31(40)37(19-12-20-38)30(34)32(41)36(18-7-2)22(3)4/h6-7,9-11,13-14,22,24-25,27-30,38H,1-2,8,12,15-21H2,3-5H3,(H,35,39)/t24-,25-,27+,28+,29-,30-,34+/m0/s1. The van der Waals surface area contributed by atoms with Gasteiger partial charge in [-0.1, -0.05) is 42.5 Å². The number of carbonyl (C=O) groups excluding carboxylic acids is 4. The summed E-state index contributed by atoms with van der Waals surface area (Å²) in [6.45, 7) is 11.6. The second kappa shape index (κ2) is 15.2. The van der Waals surface area contributed by atoms with Crippen molar-refractivity contribution < 1.29 is 38.5 Å². The Hall–Kier alpha value is -3.54. The fourth-order valence-corrected chi connectivity index (χ4v) is 7.16. The van der Waals surface area contributed by atoms with Crippen LogP contribution in [0, 0.1) is 11.8 Å². The molecular weight excluding hydrogens is 578 g/mol. The van der Waals surface area contributed by atoms with E-state index in [0.717, 1.165) is 0 Å². The van der Waals surface area contributed by atoms with Gasteiger partial charge in [0.15, 0.2) is 0 Å². The molecule has 7 atom stereocenters. The minimum atomic E-state index is -1.20. The summed E-state index contributed by atoms with van der Waals surface area (Å²) in [4.78, 5) is 58.5. The Labute approximate surface area is 265 Å². The number of likely N-dealkylation sites (tertiary alicyclic amines) is 1. The summed E-state index contributed by atoms with van der Waals surface area (Å²) in [6.07, 6.45) is 3.70. The number of aliphatic hydroxyl groups is 1. The van der Waals surface area contributed by atoms with Crippen molar-refractivity contribution in [1.29, 1.82) is 0 Å². The summed E-state index contributed by atoms with van der Waals surface area (Å²) < 4.78 is 18.2. The summed E-state index contributed by atoms with van der Waals surface area (Å²) in [5.74, 6) is -3.35. The molecule has 3 saturated heterocycles. The Bertz CT molecular complexity index is 1240. The molecule has 246 valence electrons. The third-order valence-corrected chi connectivity index (χ3v) is 9.10. The van der Waals surface area contributed by atoms with Crippen molar-refractivity contribution >= 4 is 23.7 Å². The number of amides is 3. The number of aliphatic hydroxyl groups excluding tert-OH is 1. The van der Waals surface area contributed by atoms with E-state index in [1.165, 1.54) is 12.0 Å². The molecule has 3 heterocycles. The lowest BCUT2D eigenvalue weighted by molar-refractivity contribution is -0.163. The zero-order chi connectivity index (χ0) is 32.7. The first-order chi connectivity index (χ1) is 21.6. The third kappa shape index (κ3) is 6.85. The van der Waals surface area contributed by atoms with Crippen molar-refractivity contribution in [2.45, 2.75) is 81.9 Å². The molecule has 3 aliphatic rings. The molecule has 0 saturated carbocycles. The van der Waals surface area contributed by atoms with E-state index < -0.39 is 47.7 Å². The first kappa shape index (κ1) is 34.3. The van der Waals surface area contributed by atoms with E-state index in [1.807, 2.05) is 32.0 Å². The van der Waals surface area contributed by atoms with Crippen molar-refractivity contribution in [1.82, 2.24) is 15.1 Å². The summed E-state index contributed by atoms with van der Waals surface area (Å²) in [7, 11) is 1.50. The van der Waals surface area contributed by atoms with Crippen molar-refractivity contribution in [3.05, 3.63) is 61.2 Å². The summed E-state index contributed by atoms with van der Waals surface area (Å²) >= 11 is 0. The Morgan fingerprint density at radius 3 is 2.58 bits per heavy atom. The predicted octanol–water partition coefficient (Wildman–Crippen LogP) is 2.55. The lowest BCUT2D eigenvalue weighted by Crippen LogP contribution is -2.57. The van der Waals surface area contributed by atoms with Crippen molar-refractivity contribution in [3.63, 3.8) is 0 Å². The van der Waals surface area contributed by atoms with Gasteiger partial charge in [0.1, 0.15) is 17.7 Å². The van der Waals surface area contributed by atoms with Crippen LogP contribution >= 0.6 is 0 Å². The van der Waals surface area contributed by atoms with Gasteiger partial charge in [-0.25, -0.2) is 0 Å². The van der Waals surface area contributed by atoms with E-state index in [9.17, 15) is 24.3 Å². The molecule has 1 aromatic carbocycles. The number of benzene rings is 1. The van der Waals surface area contributed by atoms with E-state index in [-0.39, 0.29) is 56.4 Å². The van der Waals surface area contributed by atoms with Crippen molar-refractivity contribution in [2.24, 2.45) is 11.8 Å². The number of esters is 1. The summed E-state index contributed by atoms with van der Waals surface area (Å²) in [6, 6.07) is 7.27. The Balaban J connectivity index is 1.68. The molecule has 0 unspecified atom stereocenters. The molecule has 0 radical (unpaired) electrons. The summed E-state index contributed by atoms with van der Waals surface area (Å²) in [5.41, 5.74) is -0.539. The van der Waals surface area contributed by atoms with Gasteiger partial charge in [0.2, 0.25) is 17.7 Å². The highest BCUT2D eigenvalue weighted by molar-refractivity contribution is 5.98. The van der Waals surface area contributed by atoms with Crippen LogP contribution < -0.4 is 5.32 Å². The Morgan fingerprint density at radius 1 is 1.22 bits per heavy atom. The SMILES string of the molecule is C=CCCC(=O)N[C@@H](COC)[C@@H](OC(=O)[C@@H]1[C@@H]2CC[C@]3(O2)[C@H](C(=O)N(CC=C)C(C)C)N(CCCO)C(=O)[C@@H]13)c1ccccc1. The second-order valence-corrected chi connectivity index (χ2v) is 12.3. The number of nitrogens with zero attached hydrogens (tertiary/aromatic N) is 2. The first-order valence-electron chi connectivity index (χ1n) is 15.8. The molecule has 3 aliphatic heterocycles. The molecule has 45 heavy (non-hydrogen) atoms. The highest BCUT2D eigenvalue weighted by Gasteiger charge is 2.75. The van der Waals surface area contributed by atoms with Crippen molar-refractivity contribution in [3.8, 4) is 0 Å². The highest BCUT2D eigenvalue weighted by Crippen LogP contribution is 2.59. The van der Waals surface area contributed by atoms with Gasteiger partial charge in [-0.2, -0.15) is 0 Å². The number of hydrogen-bond donors (Lipinski definition) is 2. The number of methoxy groups -OCH3 is 1. The van der Waals surface area contributed by atoms with Crippen LogP contribution in [-0.4, -0.2) is 102 Å². The first-order valence-corrected chi connectivity index (χ1v) is 15.8. The maximum atomic E-state index is 14.2. The monoisotopic (exact) mass is 625 g/mol. The Morgan fingerprint density at radius 2 is 1.96 bits per heavy atom. The van der Waals surface area contributed by atoms with Crippen LogP contribution in [-0.2, 0) is 33.4 Å². The molecule has 2 bridgehead atoms. The molecule has 3 fully saturated rings. The normalized spacial score (nSPS) is 26.3. The number of fused-ring (bicyclic) bond motifs is 1. The van der Waals surface area contributed by atoms with Crippen LogP contribution in [0.1, 0.15) is 57.6 Å². The van der Waals surface area contributed by atoms with E-state index in [2.05, 4.69) is 18.5 Å². The number of nitrogens with one attached hydrogen (secondary N) is 1. The molecule has 1 aromatic rings. The van der Waals surface area contributed by atoms with Gasteiger partial charge in [0, 0.05) is 39.3 Å². The smallest absolute Gasteiger partial charge is 0.313 e. The third-order valence-electron chi connectivity index (χ3n) is 9.10. The van der Waals surface area contributed by atoms with E-state index in [1.54, 1.807) is 29.2 Å². The number of ether oxygens (including phenoxy) is 3. The lowest BCUT2D eigenvalue weighted by Gasteiger charge is -2.38. The van der Waals surface area contributed by atoms with Crippen LogP contribution in [0.3, 0.4) is 0 Å². The average molecular weight is 626 g/mol. The topological polar surface area (TPSA) is 135 Å². The number of rotatable bonds is 17. The molecule has 0 aliphatic carbocycles. The molecule has 3 amide bonds. The van der Waals surface area contributed by atoms with Gasteiger partial charge in [0.05, 0.1) is 30.6 Å². The van der Waals surface area contributed by atoms with Crippen molar-refractivity contribution in [2.75, 3.05) is 33.4 Å². The number of allylic oxidation sites excluding steroid dienone is 1. The van der Waals surface area contributed by atoms with E-state index in [4.69, 9.17) is 14.2 Å². The number of carbonyl (C=O) groups is 4. The van der Waals surface area contributed by atoms with Gasteiger partial charge in [-0.15, -0.1) is 13.2 Å². The fourth-order valence-electron chi connectivity index (χ4n) is 7.16. The number of hydrogen-bond acceptors (Lipinski definition) is 8. The van der Waals surface area contributed by atoms with Crippen LogP contribution in [0.15, 0.2) is 55.6 Å². The molecule has 1 spiro atoms. The quantitative estimate of drug-likeness (QED) is 0.199. The summed E-state index contributed by atoms with van der Waals surface area (Å²) in [5, 5.41) is 12.6. The average Bonchev–Trinajstić information content (AvgIpc) is 3.67. The van der Waals surface area contributed by atoms with Gasteiger partial charge < -0.3 is 34.4 Å². The second-order valence-electron chi connectivity index (χ2n) is 12.3. The molecule has 4 rings (SSSR count). The van der Waals surface area contributed by atoms with Gasteiger partial charge >= 0.3 is 5.97 Å². The van der Waals surface area contributed by atoms with E-state index in [0.29, 0.717) is 31.4 Å². The van der Waals surface area contributed by atoms with Crippen LogP contribution in [0.4, 0.5) is 0 Å². The minimum absolute atomic E-state index is 0.0728. The van der Waals surface area contributed by atoms with Gasteiger partial charge in [-0.05, 0) is 45.1 Å². The maximum absolute atomic E-state index is 14.2. The molecule has 0 aromatic heterocycles. The minimum Gasteiger partial charge on any atom is -0.455 e. The van der Waals surface area contributed by atoms with Crippen LogP contribution in [0.2, 0.25) is 0 Å².